The van der Waals surface area contributed by atoms with Gasteiger partial charge in [-0.25, -0.2) is 0 Å². The number of para-hydroxylation sites is 1. The third-order valence-electron chi connectivity index (χ3n) is 6.46. The van der Waals surface area contributed by atoms with Crippen molar-refractivity contribution in [2.75, 3.05) is 39.9 Å². The number of piperazine rings is 1. The largest absolute Gasteiger partial charge is 0.496 e. The van der Waals surface area contributed by atoms with Crippen molar-refractivity contribution in [2.45, 2.75) is 45.4 Å². The molecule has 0 radical (unpaired) electrons. The molecule has 0 spiro atoms. The highest BCUT2D eigenvalue weighted by molar-refractivity contribution is 5.89. The number of nitrogens with zero attached hydrogens (tertiary/aromatic N) is 2. The summed E-state index contributed by atoms with van der Waals surface area (Å²) in [5.41, 5.74) is 6.59. The Morgan fingerprint density at radius 3 is 2.34 bits per heavy atom. The summed E-state index contributed by atoms with van der Waals surface area (Å²) in [6.45, 7) is 10.7. The van der Waals surface area contributed by atoms with Crippen molar-refractivity contribution in [1.29, 1.82) is 0 Å². The van der Waals surface area contributed by atoms with Gasteiger partial charge in [-0.05, 0) is 13.0 Å². The van der Waals surface area contributed by atoms with E-state index in [9.17, 15) is 4.79 Å². The van der Waals surface area contributed by atoms with Gasteiger partial charge in [-0.3, -0.25) is 9.69 Å². The summed E-state index contributed by atoms with van der Waals surface area (Å²) in [7, 11) is 1.70. The van der Waals surface area contributed by atoms with Crippen LogP contribution in [0.15, 0.2) is 24.3 Å². The second-order valence-electron chi connectivity index (χ2n) is 8.22. The third kappa shape index (κ3) is 4.83. The van der Waals surface area contributed by atoms with Crippen LogP contribution < -0.4 is 10.5 Å². The predicted molar refractivity (Wildman–Crippen MR) is 120 cm³/mol. The molecule has 2 atom stereocenters. The molecule has 0 bridgehead atoms. The Kier molecular flexibility index (Phi) is 9.24. The maximum atomic E-state index is 13.1. The maximum Gasteiger partial charge on any atom is 0.243 e. The zero-order valence-corrected chi connectivity index (χ0v) is 19.5. The quantitative estimate of drug-likeness (QED) is 0.725. The van der Waals surface area contributed by atoms with E-state index in [1.807, 2.05) is 43.9 Å². The number of hydrogen-bond acceptors (Lipinski definition) is 5. The first kappa shape index (κ1) is 26.0. The Balaban J connectivity index is 0.00000210. The van der Waals surface area contributed by atoms with Gasteiger partial charge in [0, 0.05) is 56.7 Å². The van der Waals surface area contributed by atoms with Gasteiger partial charge in [0.15, 0.2) is 0 Å². The molecule has 2 fully saturated rings. The first-order valence-corrected chi connectivity index (χ1v) is 9.87. The number of benzene rings is 1. The summed E-state index contributed by atoms with van der Waals surface area (Å²) < 4.78 is 11.2. The maximum absolute atomic E-state index is 13.1. The summed E-state index contributed by atoms with van der Waals surface area (Å²) in [6, 6.07) is 8.09. The molecule has 1 aliphatic carbocycles. The van der Waals surface area contributed by atoms with E-state index in [0.29, 0.717) is 26.1 Å². The lowest BCUT2D eigenvalue weighted by Crippen LogP contribution is -2.76. The number of halogens is 2. The fraction of sp³-hybridized carbons (Fsp3) is 0.667. The van der Waals surface area contributed by atoms with Crippen LogP contribution in [0, 0.1) is 5.41 Å². The van der Waals surface area contributed by atoms with Crippen LogP contribution in [0.25, 0.3) is 0 Å². The molecular weight excluding hydrogens is 413 g/mol. The molecule has 0 aromatic heterocycles. The number of amides is 1. The van der Waals surface area contributed by atoms with E-state index in [1.165, 1.54) is 5.56 Å². The highest BCUT2D eigenvalue weighted by atomic mass is 35.5. The van der Waals surface area contributed by atoms with Crippen molar-refractivity contribution in [3.8, 4) is 5.75 Å². The molecule has 1 aromatic rings. The number of ether oxygens (including phenoxy) is 2. The number of hydrogen-bond donors (Lipinski definition) is 1. The van der Waals surface area contributed by atoms with E-state index in [4.69, 9.17) is 15.2 Å². The van der Waals surface area contributed by atoms with Crippen LogP contribution in [0.3, 0.4) is 0 Å². The van der Waals surface area contributed by atoms with Gasteiger partial charge in [-0.1, -0.05) is 32.0 Å². The first-order chi connectivity index (χ1) is 12.8. The van der Waals surface area contributed by atoms with Gasteiger partial charge in [0.05, 0.1) is 13.2 Å². The molecule has 1 amide bonds. The Morgan fingerprint density at radius 1 is 1.17 bits per heavy atom. The smallest absolute Gasteiger partial charge is 0.243 e. The van der Waals surface area contributed by atoms with E-state index in [-0.39, 0.29) is 42.2 Å². The molecule has 2 unspecified atom stereocenters. The zero-order valence-electron chi connectivity index (χ0n) is 17.8. The molecule has 1 saturated carbocycles. The number of methoxy groups -OCH3 is 1. The van der Waals surface area contributed by atoms with Crippen LogP contribution in [-0.2, 0) is 16.1 Å². The summed E-state index contributed by atoms with van der Waals surface area (Å²) in [6.07, 6.45) is 0.664. The summed E-state index contributed by atoms with van der Waals surface area (Å²) in [5.74, 6) is 0.982. The van der Waals surface area contributed by atoms with Crippen LogP contribution in [0.1, 0.15) is 32.8 Å². The van der Waals surface area contributed by atoms with Crippen LogP contribution >= 0.6 is 24.8 Å². The standard InChI is InChI=1S/C21H33N3O3.2ClH/c1-5-27-18-14-21(22,20(18,2)3)19(25)24-12-10-23(11-13-24)15-16-8-6-7-9-17(16)26-4;;/h6-9,18H,5,10-15,22H2,1-4H3;2*1H. The minimum Gasteiger partial charge on any atom is -0.496 e. The van der Waals surface area contributed by atoms with Crippen LogP contribution in [0.5, 0.6) is 5.75 Å². The van der Waals surface area contributed by atoms with E-state index in [2.05, 4.69) is 11.0 Å². The van der Waals surface area contributed by atoms with Gasteiger partial charge in [0.2, 0.25) is 5.91 Å². The zero-order chi connectivity index (χ0) is 19.7. The molecule has 1 aliphatic heterocycles. The molecule has 1 saturated heterocycles. The lowest BCUT2D eigenvalue weighted by Gasteiger charge is -2.59. The van der Waals surface area contributed by atoms with Crippen LogP contribution in [0.4, 0.5) is 0 Å². The Morgan fingerprint density at radius 2 is 1.79 bits per heavy atom. The van der Waals surface area contributed by atoms with Crippen molar-refractivity contribution >= 4 is 30.7 Å². The van der Waals surface area contributed by atoms with Gasteiger partial charge in [-0.15, -0.1) is 24.8 Å². The normalized spacial score (nSPS) is 26.0. The Labute approximate surface area is 186 Å². The molecule has 3 rings (SSSR count). The highest BCUT2D eigenvalue weighted by Gasteiger charge is 2.63. The van der Waals surface area contributed by atoms with Crippen molar-refractivity contribution in [2.24, 2.45) is 11.1 Å². The SMILES string of the molecule is CCOC1CC(N)(C(=O)N2CCN(Cc3ccccc3OC)CC2)C1(C)C.Cl.Cl. The molecule has 8 heteroatoms. The second-order valence-corrected chi connectivity index (χ2v) is 8.22. The van der Waals surface area contributed by atoms with Crippen molar-refractivity contribution in [3.63, 3.8) is 0 Å². The second kappa shape index (κ2) is 10.3. The molecule has 166 valence electrons. The van der Waals surface area contributed by atoms with E-state index >= 15 is 0 Å². The van der Waals surface area contributed by atoms with Crippen molar-refractivity contribution < 1.29 is 14.3 Å². The molecule has 2 N–H and O–H groups in total. The predicted octanol–water partition coefficient (Wildman–Crippen LogP) is 2.72. The number of nitrogens with two attached hydrogens (primary N) is 1. The lowest BCUT2D eigenvalue weighted by molar-refractivity contribution is -0.180. The lowest BCUT2D eigenvalue weighted by atomic mass is 9.54. The van der Waals surface area contributed by atoms with E-state index < -0.39 is 5.54 Å². The first-order valence-electron chi connectivity index (χ1n) is 9.87. The minimum absolute atomic E-state index is 0. The monoisotopic (exact) mass is 447 g/mol. The highest BCUT2D eigenvalue weighted by Crippen LogP contribution is 2.50. The minimum atomic E-state index is -0.822. The van der Waals surface area contributed by atoms with Crippen molar-refractivity contribution in [3.05, 3.63) is 29.8 Å². The Bertz CT molecular complexity index is 681. The topological polar surface area (TPSA) is 68.0 Å². The average molecular weight is 448 g/mol. The van der Waals surface area contributed by atoms with Gasteiger partial charge in [-0.2, -0.15) is 0 Å². The van der Waals surface area contributed by atoms with Crippen LogP contribution in [-0.4, -0.2) is 67.2 Å². The number of carbonyl (C=O) groups is 1. The van der Waals surface area contributed by atoms with Gasteiger partial charge in [0.25, 0.3) is 0 Å². The molecule has 2 aliphatic rings. The fourth-order valence-electron chi connectivity index (χ4n) is 4.26. The molecule has 1 heterocycles. The van der Waals surface area contributed by atoms with Crippen LogP contribution in [0.2, 0.25) is 0 Å². The summed E-state index contributed by atoms with van der Waals surface area (Å²) >= 11 is 0. The van der Waals surface area contributed by atoms with E-state index in [0.717, 1.165) is 25.4 Å². The molecule has 1 aromatic carbocycles. The van der Waals surface area contributed by atoms with E-state index in [1.54, 1.807) is 7.11 Å². The number of carbonyl (C=O) groups excluding carboxylic acids is 1. The third-order valence-corrected chi connectivity index (χ3v) is 6.46. The van der Waals surface area contributed by atoms with Gasteiger partial charge < -0.3 is 20.1 Å². The number of rotatable bonds is 6. The van der Waals surface area contributed by atoms with Gasteiger partial charge in [0.1, 0.15) is 11.3 Å². The molecule has 6 nitrogen and oxygen atoms in total. The fourth-order valence-corrected chi connectivity index (χ4v) is 4.26. The van der Waals surface area contributed by atoms with Crippen molar-refractivity contribution in [1.82, 2.24) is 9.80 Å². The Hall–Kier alpha value is -1.05. The molecular formula is C21H35Cl2N3O3. The molecule has 29 heavy (non-hydrogen) atoms. The van der Waals surface area contributed by atoms with Gasteiger partial charge >= 0.3 is 0 Å². The summed E-state index contributed by atoms with van der Waals surface area (Å²) in [4.78, 5) is 17.4. The summed E-state index contributed by atoms with van der Waals surface area (Å²) in [5, 5.41) is 0. The average Bonchev–Trinajstić information content (AvgIpc) is 2.68.